The van der Waals surface area contributed by atoms with Crippen LogP contribution in [0.5, 0.6) is 11.5 Å². The van der Waals surface area contributed by atoms with Crippen LogP contribution >= 0.6 is 0 Å². The number of halogens is 3. The van der Waals surface area contributed by atoms with E-state index in [0.717, 1.165) is 23.3 Å². The minimum Gasteiger partial charge on any atom is -0.496 e. The van der Waals surface area contributed by atoms with Gasteiger partial charge in [-0.2, -0.15) is 13.2 Å². The first-order valence-corrected chi connectivity index (χ1v) is 12.1. The average Bonchev–Trinajstić information content (AvgIpc) is 2.91. The standard InChI is InChI=1S/C28H30F3N3O3/c1-36-26-8-3-2-5-22(26)15-33-27(35)23-13-21(17-34(18-23)16-20-9-11-32-12-10-20)19-37-25-7-4-6-24(14-25)28(29,30)31/h2-12,14,21,23H,13,15-19H2,1H3,(H,33,35)/t21-,23+/m0/s1. The number of likely N-dealkylation sites (tertiary alicyclic amines) is 1. The molecular weight excluding hydrogens is 483 g/mol. The van der Waals surface area contributed by atoms with Crippen molar-refractivity contribution >= 4 is 5.91 Å². The Balaban J connectivity index is 1.43. The maximum Gasteiger partial charge on any atom is 0.416 e. The fourth-order valence-electron chi connectivity index (χ4n) is 4.64. The fraction of sp³-hybridized carbons (Fsp3) is 0.357. The molecular formula is C28H30F3N3O3. The lowest BCUT2D eigenvalue weighted by atomic mass is 9.88. The van der Waals surface area contributed by atoms with Crippen LogP contribution in [0, 0.1) is 11.8 Å². The van der Waals surface area contributed by atoms with Crippen molar-refractivity contribution in [2.24, 2.45) is 11.8 Å². The molecule has 1 fully saturated rings. The quantitative estimate of drug-likeness (QED) is 0.439. The summed E-state index contributed by atoms with van der Waals surface area (Å²) < 4.78 is 50.4. The molecule has 37 heavy (non-hydrogen) atoms. The van der Waals surface area contributed by atoms with Crippen molar-refractivity contribution in [2.75, 3.05) is 26.8 Å². The van der Waals surface area contributed by atoms with Gasteiger partial charge in [0.2, 0.25) is 5.91 Å². The average molecular weight is 514 g/mol. The molecule has 196 valence electrons. The number of amides is 1. The Morgan fingerprint density at radius 2 is 1.86 bits per heavy atom. The van der Waals surface area contributed by atoms with Crippen molar-refractivity contribution in [1.82, 2.24) is 15.2 Å². The maximum absolute atomic E-state index is 13.2. The summed E-state index contributed by atoms with van der Waals surface area (Å²) in [5.74, 6) is 0.471. The first kappa shape index (κ1) is 26.5. The van der Waals surface area contributed by atoms with E-state index in [-0.39, 0.29) is 30.1 Å². The molecule has 0 bridgehead atoms. The van der Waals surface area contributed by atoms with Crippen LogP contribution in [0.15, 0.2) is 73.1 Å². The normalized spacial score (nSPS) is 18.3. The highest BCUT2D eigenvalue weighted by molar-refractivity contribution is 5.79. The van der Waals surface area contributed by atoms with Crippen LogP contribution in [0.2, 0.25) is 0 Å². The molecule has 1 aliphatic rings. The van der Waals surface area contributed by atoms with Crippen LogP contribution in [0.3, 0.4) is 0 Å². The largest absolute Gasteiger partial charge is 0.496 e. The van der Waals surface area contributed by atoms with Crippen LogP contribution in [-0.4, -0.2) is 42.6 Å². The second-order valence-corrected chi connectivity index (χ2v) is 9.21. The van der Waals surface area contributed by atoms with E-state index in [4.69, 9.17) is 9.47 Å². The van der Waals surface area contributed by atoms with E-state index >= 15 is 0 Å². The van der Waals surface area contributed by atoms with Gasteiger partial charge in [-0.1, -0.05) is 24.3 Å². The fourth-order valence-corrected chi connectivity index (χ4v) is 4.64. The van der Waals surface area contributed by atoms with Gasteiger partial charge in [0.05, 0.1) is 25.2 Å². The molecule has 0 saturated carbocycles. The molecule has 6 nitrogen and oxygen atoms in total. The molecule has 1 aliphatic heterocycles. The molecule has 1 aromatic heterocycles. The number of alkyl halides is 3. The van der Waals surface area contributed by atoms with Crippen molar-refractivity contribution in [1.29, 1.82) is 0 Å². The number of aromatic nitrogens is 1. The minimum atomic E-state index is -4.43. The Morgan fingerprint density at radius 1 is 1.08 bits per heavy atom. The molecule has 0 spiro atoms. The van der Waals surface area contributed by atoms with Gasteiger partial charge in [-0.05, 0) is 48.4 Å². The van der Waals surface area contributed by atoms with Crippen LogP contribution in [0.25, 0.3) is 0 Å². The Bertz CT molecular complexity index is 1170. The Morgan fingerprint density at radius 3 is 2.62 bits per heavy atom. The molecule has 3 aromatic rings. The van der Waals surface area contributed by atoms with E-state index < -0.39 is 11.7 Å². The molecule has 1 N–H and O–H groups in total. The lowest BCUT2D eigenvalue weighted by molar-refractivity contribution is -0.137. The summed E-state index contributed by atoms with van der Waals surface area (Å²) in [5, 5.41) is 3.02. The topological polar surface area (TPSA) is 63.7 Å². The van der Waals surface area contributed by atoms with Gasteiger partial charge < -0.3 is 14.8 Å². The predicted octanol–water partition coefficient (Wildman–Crippen LogP) is 4.94. The van der Waals surface area contributed by atoms with E-state index in [2.05, 4.69) is 15.2 Å². The summed E-state index contributed by atoms with van der Waals surface area (Å²) >= 11 is 0. The lowest BCUT2D eigenvalue weighted by Crippen LogP contribution is -2.47. The summed E-state index contributed by atoms with van der Waals surface area (Å²) in [6, 6.07) is 16.3. The number of ether oxygens (including phenoxy) is 2. The van der Waals surface area contributed by atoms with Crippen molar-refractivity contribution < 1.29 is 27.4 Å². The van der Waals surface area contributed by atoms with Gasteiger partial charge in [-0.25, -0.2) is 0 Å². The van der Waals surface area contributed by atoms with Crippen molar-refractivity contribution in [3.05, 3.63) is 89.7 Å². The number of carbonyl (C=O) groups is 1. The van der Waals surface area contributed by atoms with Crippen LogP contribution in [-0.2, 0) is 24.1 Å². The molecule has 2 atom stereocenters. The minimum absolute atomic E-state index is 0.0351. The highest BCUT2D eigenvalue weighted by Gasteiger charge is 2.33. The molecule has 4 rings (SSSR count). The maximum atomic E-state index is 13.2. The van der Waals surface area contributed by atoms with E-state index in [1.165, 1.54) is 12.1 Å². The third-order valence-corrected chi connectivity index (χ3v) is 6.43. The smallest absolute Gasteiger partial charge is 0.416 e. The number of hydrogen-bond acceptors (Lipinski definition) is 5. The van der Waals surface area contributed by atoms with Crippen molar-refractivity contribution in [3.63, 3.8) is 0 Å². The van der Waals surface area contributed by atoms with E-state index in [9.17, 15) is 18.0 Å². The number of hydrogen-bond donors (Lipinski definition) is 1. The van der Waals surface area contributed by atoms with Crippen LogP contribution in [0.4, 0.5) is 13.2 Å². The van der Waals surface area contributed by atoms with Gasteiger partial charge >= 0.3 is 6.18 Å². The van der Waals surface area contributed by atoms with Crippen molar-refractivity contribution in [2.45, 2.75) is 25.7 Å². The third-order valence-electron chi connectivity index (χ3n) is 6.43. The van der Waals surface area contributed by atoms with Gasteiger partial charge in [-0.3, -0.25) is 14.7 Å². The third kappa shape index (κ3) is 7.45. The van der Waals surface area contributed by atoms with E-state index in [1.807, 2.05) is 36.4 Å². The van der Waals surface area contributed by atoms with Gasteiger partial charge in [0.15, 0.2) is 0 Å². The van der Waals surface area contributed by atoms with E-state index in [0.29, 0.717) is 38.3 Å². The zero-order valence-corrected chi connectivity index (χ0v) is 20.6. The molecule has 2 aromatic carbocycles. The van der Waals surface area contributed by atoms with Gasteiger partial charge in [0.1, 0.15) is 11.5 Å². The molecule has 1 saturated heterocycles. The number of carbonyl (C=O) groups excluding carboxylic acids is 1. The lowest BCUT2D eigenvalue weighted by Gasteiger charge is -2.37. The summed E-state index contributed by atoms with van der Waals surface area (Å²) in [6.07, 6.45) is -0.407. The zero-order chi connectivity index (χ0) is 26.3. The second-order valence-electron chi connectivity index (χ2n) is 9.21. The van der Waals surface area contributed by atoms with Crippen LogP contribution < -0.4 is 14.8 Å². The van der Waals surface area contributed by atoms with Crippen LogP contribution in [0.1, 0.15) is 23.1 Å². The Labute approximate surface area is 214 Å². The number of rotatable bonds is 9. The SMILES string of the molecule is COc1ccccc1CNC(=O)[C@@H]1C[C@H](COc2cccc(C(F)(F)F)c2)CN(Cc2ccncc2)C1. The highest BCUT2D eigenvalue weighted by atomic mass is 19.4. The predicted molar refractivity (Wildman–Crippen MR) is 133 cm³/mol. The highest BCUT2D eigenvalue weighted by Crippen LogP contribution is 2.32. The summed E-state index contributed by atoms with van der Waals surface area (Å²) in [5.41, 5.74) is 1.21. The van der Waals surface area contributed by atoms with Gasteiger partial charge in [-0.15, -0.1) is 0 Å². The molecule has 9 heteroatoms. The molecule has 0 radical (unpaired) electrons. The number of nitrogens with one attached hydrogen (secondary N) is 1. The molecule has 0 aliphatic carbocycles. The van der Waals surface area contributed by atoms with Gasteiger partial charge in [0, 0.05) is 50.1 Å². The van der Waals surface area contributed by atoms with Crippen molar-refractivity contribution in [3.8, 4) is 11.5 Å². The monoisotopic (exact) mass is 513 g/mol. The number of benzene rings is 2. The number of nitrogens with zero attached hydrogens (tertiary/aromatic N) is 2. The first-order valence-electron chi connectivity index (χ1n) is 12.1. The summed E-state index contributed by atoms with van der Waals surface area (Å²) in [6.45, 7) is 2.43. The Kier molecular flexibility index (Phi) is 8.66. The number of pyridine rings is 1. The number of piperidine rings is 1. The summed E-state index contributed by atoms with van der Waals surface area (Å²) in [4.78, 5) is 19.4. The molecule has 2 heterocycles. The van der Waals surface area contributed by atoms with E-state index in [1.54, 1.807) is 19.5 Å². The Hall–Kier alpha value is -3.59. The second kappa shape index (κ2) is 12.1. The van der Waals surface area contributed by atoms with Gasteiger partial charge in [0.25, 0.3) is 0 Å². The zero-order valence-electron chi connectivity index (χ0n) is 20.6. The molecule has 1 amide bonds. The number of methoxy groups -OCH3 is 1. The first-order chi connectivity index (χ1) is 17.8. The summed E-state index contributed by atoms with van der Waals surface area (Å²) in [7, 11) is 1.59. The number of para-hydroxylation sites is 1. The molecule has 0 unspecified atom stereocenters.